The van der Waals surface area contributed by atoms with Crippen molar-refractivity contribution in [1.82, 2.24) is 20.4 Å². The van der Waals surface area contributed by atoms with Crippen molar-refractivity contribution in [2.45, 2.75) is 57.0 Å². The minimum absolute atomic E-state index is 0.0102. The number of hydrogen-bond acceptors (Lipinski definition) is 4. The van der Waals surface area contributed by atoms with E-state index in [1.807, 2.05) is 12.1 Å². The molecule has 7 heteroatoms. The summed E-state index contributed by atoms with van der Waals surface area (Å²) in [7, 11) is 5.24. The van der Waals surface area contributed by atoms with E-state index in [1.165, 1.54) is 37.7 Å². The molecule has 2 fully saturated rings. The second-order valence-corrected chi connectivity index (χ2v) is 8.85. The number of hydrogen-bond donors (Lipinski definition) is 2. The summed E-state index contributed by atoms with van der Waals surface area (Å²) in [6, 6.07) is 9.07. The lowest BCUT2D eigenvalue weighted by atomic mass is 9.96. The summed E-state index contributed by atoms with van der Waals surface area (Å²) in [4.78, 5) is 20.9. The van der Waals surface area contributed by atoms with E-state index in [0.29, 0.717) is 6.04 Å². The van der Waals surface area contributed by atoms with Crippen LogP contribution in [0.1, 0.15) is 56.6 Å². The van der Waals surface area contributed by atoms with E-state index in [4.69, 9.17) is 4.74 Å². The Hall–Kier alpha value is -2.28. The number of carbonyl (C=O) groups is 1. The van der Waals surface area contributed by atoms with E-state index in [1.54, 1.807) is 26.1 Å². The van der Waals surface area contributed by atoms with Gasteiger partial charge in [0.05, 0.1) is 13.2 Å². The molecule has 3 rings (SSSR count). The summed E-state index contributed by atoms with van der Waals surface area (Å²) < 4.78 is 5.34. The monoisotopic (exact) mass is 429 g/mol. The van der Waals surface area contributed by atoms with Gasteiger partial charge in [-0.25, -0.2) is 4.99 Å². The number of nitrogens with zero attached hydrogens (tertiary/aromatic N) is 3. The molecule has 0 spiro atoms. The Kier molecular flexibility index (Phi) is 9.00. The molecular formula is C24H39N5O2. The lowest BCUT2D eigenvalue weighted by molar-refractivity contribution is -0.127. The van der Waals surface area contributed by atoms with Crippen LogP contribution < -0.4 is 15.4 Å². The van der Waals surface area contributed by atoms with Crippen molar-refractivity contribution in [2.75, 3.05) is 47.4 Å². The summed E-state index contributed by atoms with van der Waals surface area (Å²) in [5.41, 5.74) is 1.27. The molecule has 1 aliphatic carbocycles. The van der Waals surface area contributed by atoms with Crippen LogP contribution in [0.3, 0.4) is 0 Å². The third kappa shape index (κ3) is 7.13. The highest BCUT2D eigenvalue weighted by atomic mass is 16.5. The smallest absolute Gasteiger partial charge is 0.243 e. The number of nitrogens with one attached hydrogen (secondary N) is 2. The molecule has 2 N–H and O–H groups in total. The normalized spacial score (nSPS) is 19.1. The van der Waals surface area contributed by atoms with Gasteiger partial charge < -0.3 is 20.3 Å². The average Bonchev–Trinajstić information content (AvgIpc) is 3.32. The standard InChI is InChI=1S/C24H39N5O2/c1-28(2)23(30)18-26-24(27-20-9-5-4-6-10-20)25-17-22(29-15-7-8-16-29)19-11-13-21(31-3)14-12-19/h11-14,20,22H,4-10,15-18H2,1-3H3,(H2,25,26,27). The first-order valence-corrected chi connectivity index (χ1v) is 11.7. The molecule has 0 aromatic heterocycles. The summed E-state index contributed by atoms with van der Waals surface area (Å²) >= 11 is 0. The molecule has 1 amide bonds. The summed E-state index contributed by atoms with van der Waals surface area (Å²) in [6.45, 7) is 3.13. The van der Waals surface area contributed by atoms with Gasteiger partial charge in [-0.05, 0) is 56.5 Å². The van der Waals surface area contributed by atoms with Crippen molar-refractivity contribution < 1.29 is 9.53 Å². The molecule has 1 aromatic carbocycles. The molecule has 1 saturated heterocycles. The first-order valence-electron chi connectivity index (χ1n) is 11.7. The lowest BCUT2D eigenvalue weighted by Gasteiger charge is -2.30. The molecule has 7 nitrogen and oxygen atoms in total. The topological polar surface area (TPSA) is 69.2 Å². The van der Waals surface area contributed by atoms with E-state index < -0.39 is 0 Å². The summed E-state index contributed by atoms with van der Waals surface area (Å²) in [6.07, 6.45) is 8.63. The van der Waals surface area contributed by atoms with Crippen molar-refractivity contribution in [3.63, 3.8) is 0 Å². The van der Waals surface area contributed by atoms with Gasteiger partial charge in [0.15, 0.2) is 5.96 Å². The molecule has 2 aliphatic rings. The molecule has 31 heavy (non-hydrogen) atoms. The van der Waals surface area contributed by atoms with Gasteiger partial charge in [-0.2, -0.15) is 0 Å². The fourth-order valence-electron chi connectivity index (χ4n) is 4.41. The third-order valence-corrected chi connectivity index (χ3v) is 6.36. The molecule has 1 aromatic rings. The maximum absolute atomic E-state index is 12.1. The van der Waals surface area contributed by atoms with Gasteiger partial charge >= 0.3 is 0 Å². The van der Waals surface area contributed by atoms with Crippen LogP contribution in [0, 0.1) is 0 Å². The molecule has 0 bridgehead atoms. The van der Waals surface area contributed by atoms with Crippen LogP contribution in [0.15, 0.2) is 29.3 Å². The van der Waals surface area contributed by atoms with Gasteiger partial charge in [0.2, 0.25) is 5.91 Å². The third-order valence-electron chi connectivity index (χ3n) is 6.36. The van der Waals surface area contributed by atoms with Crippen LogP contribution >= 0.6 is 0 Å². The van der Waals surface area contributed by atoms with Crippen LogP contribution in [-0.2, 0) is 4.79 Å². The number of benzene rings is 1. The van der Waals surface area contributed by atoms with Gasteiger partial charge in [0, 0.05) is 26.7 Å². The Labute approximate surface area is 187 Å². The molecule has 1 aliphatic heterocycles. The van der Waals surface area contributed by atoms with Crippen molar-refractivity contribution >= 4 is 11.9 Å². The average molecular weight is 430 g/mol. The Morgan fingerprint density at radius 3 is 2.42 bits per heavy atom. The Morgan fingerprint density at radius 2 is 1.81 bits per heavy atom. The minimum Gasteiger partial charge on any atom is -0.497 e. The van der Waals surface area contributed by atoms with Crippen molar-refractivity contribution in [3.05, 3.63) is 29.8 Å². The number of methoxy groups -OCH3 is 1. The largest absolute Gasteiger partial charge is 0.497 e. The highest BCUT2D eigenvalue weighted by Gasteiger charge is 2.24. The van der Waals surface area contributed by atoms with Crippen LogP contribution in [0.25, 0.3) is 0 Å². The number of guanidine groups is 1. The minimum atomic E-state index is 0.0102. The molecule has 0 radical (unpaired) electrons. The maximum atomic E-state index is 12.1. The summed E-state index contributed by atoms with van der Waals surface area (Å²) in [5, 5.41) is 7.16. The van der Waals surface area contributed by atoms with Crippen molar-refractivity contribution in [2.24, 2.45) is 4.99 Å². The zero-order chi connectivity index (χ0) is 22.1. The van der Waals surface area contributed by atoms with Crippen molar-refractivity contribution in [1.29, 1.82) is 0 Å². The first-order chi connectivity index (χ1) is 15.1. The number of aliphatic imine (C=N–C) groups is 1. The Balaban J connectivity index is 1.70. The predicted molar refractivity (Wildman–Crippen MR) is 126 cm³/mol. The van der Waals surface area contributed by atoms with Crippen LogP contribution in [0.2, 0.25) is 0 Å². The SMILES string of the molecule is COc1ccc(C(CNC(=NCC(=O)N(C)C)NC2CCCCC2)N2CCCC2)cc1. The van der Waals surface area contributed by atoms with Gasteiger partial charge in [-0.1, -0.05) is 31.4 Å². The second kappa shape index (κ2) is 11.9. The number of carbonyl (C=O) groups excluding carboxylic acids is 1. The van der Waals surface area contributed by atoms with Crippen LogP contribution in [-0.4, -0.2) is 75.1 Å². The molecule has 1 atom stereocenters. The van der Waals surface area contributed by atoms with Crippen LogP contribution in [0.5, 0.6) is 5.75 Å². The fraction of sp³-hybridized carbons (Fsp3) is 0.667. The first kappa shape index (κ1) is 23.4. The number of ether oxygens (including phenoxy) is 1. The molecule has 172 valence electrons. The Bertz CT molecular complexity index is 707. The second-order valence-electron chi connectivity index (χ2n) is 8.85. The highest BCUT2D eigenvalue weighted by Crippen LogP contribution is 2.26. The van der Waals surface area contributed by atoms with Gasteiger partial charge in [-0.3, -0.25) is 9.69 Å². The maximum Gasteiger partial charge on any atom is 0.243 e. The zero-order valence-electron chi connectivity index (χ0n) is 19.4. The van der Waals surface area contributed by atoms with E-state index in [-0.39, 0.29) is 18.5 Å². The fourth-order valence-corrected chi connectivity index (χ4v) is 4.41. The molecular weight excluding hydrogens is 390 g/mol. The van der Waals surface area contributed by atoms with E-state index in [0.717, 1.165) is 44.2 Å². The van der Waals surface area contributed by atoms with Crippen molar-refractivity contribution in [3.8, 4) is 5.75 Å². The quantitative estimate of drug-likeness (QED) is 0.491. The highest BCUT2D eigenvalue weighted by molar-refractivity contribution is 5.85. The van der Waals surface area contributed by atoms with Gasteiger partial charge in [0.25, 0.3) is 0 Å². The van der Waals surface area contributed by atoms with Crippen LogP contribution in [0.4, 0.5) is 0 Å². The molecule has 1 saturated carbocycles. The van der Waals surface area contributed by atoms with E-state index in [2.05, 4.69) is 32.7 Å². The Morgan fingerprint density at radius 1 is 1.13 bits per heavy atom. The number of likely N-dealkylation sites (tertiary alicyclic amines) is 1. The molecule has 1 unspecified atom stereocenters. The van der Waals surface area contributed by atoms with E-state index in [9.17, 15) is 4.79 Å². The number of likely N-dealkylation sites (N-methyl/N-ethyl adjacent to an activating group) is 1. The zero-order valence-corrected chi connectivity index (χ0v) is 19.4. The number of rotatable bonds is 8. The lowest BCUT2D eigenvalue weighted by Crippen LogP contribution is -2.47. The molecule has 1 heterocycles. The number of amides is 1. The van der Waals surface area contributed by atoms with Gasteiger partial charge in [0.1, 0.15) is 12.3 Å². The predicted octanol–water partition coefficient (Wildman–Crippen LogP) is 2.79. The summed E-state index contributed by atoms with van der Waals surface area (Å²) in [5.74, 6) is 1.64. The van der Waals surface area contributed by atoms with E-state index >= 15 is 0 Å². The van der Waals surface area contributed by atoms with Gasteiger partial charge in [-0.15, -0.1) is 0 Å².